The molecule has 1 heteroatoms. The van der Waals surface area contributed by atoms with E-state index in [4.69, 9.17) is 0 Å². The van der Waals surface area contributed by atoms with E-state index in [-0.39, 0.29) is 5.54 Å². The third kappa shape index (κ3) is 5.73. The SMILES string of the molecule is CC(C)C1CCC(NC(C)(C)CC(C)(C)C)CC1. The van der Waals surface area contributed by atoms with E-state index in [9.17, 15) is 0 Å². The summed E-state index contributed by atoms with van der Waals surface area (Å²) in [5.41, 5.74) is 0.680. The molecule has 1 N–H and O–H groups in total. The van der Waals surface area contributed by atoms with Crippen molar-refractivity contribution in [3.05, 3.63) is 0 Å². The van der Waals surface area contributed by atoms with Crippen LogP contribution in [-0.4, -0.2) is 11.6 Å². The van der Waals surface area contributed by atoms with Crippen LogP contribution in [0.2, 0.25) is 0 Å². The minimum absolute atomic E-state index is 0.271. The molecule has 0 aromatic carbocycles. The van der Waals surface area contributed by atoms with Crippen LogP contribution in [0.5, 0.6) is 0 Å². The smallest absolute Gasteiger partial charge is 0.0132 e. The van der Waals surface area contributed by atoms with E-state index < -0.39 is 0 Å². The fourth-order valence-electron chi connectivity index (χ4n) is 3.86. The Morgan fingerprint density at radius 1 is 0.944 bits per heavy atom. The molecular formula is C17H35N. The van der Waals surface area contributed by atoms with Gasteiger partial charge in [0.05, 0.1) is 0 Å². The van der Waals surface area contributed by atoms with Crippen LogP contribution in [0.3, 0.4) is 0 Å². The van der Waals surface area contributed by atoms with Gasteiger partial charge in [-0.1, -0.05) is 34.6 Å². The van der Waals surface area contributed by atoms with E-state index in [0.717, 1.165) is 17.9 Å². The first-order chi connectivity index (χ1) is 8.09. The van der Waals surface area contributed by atoms with Crippen LogP contribution in [0.1, 0.15) is 80.6 Å². The van der Waals surface area contributed by atoms with Crippen LogP contribution < -0.4 is 5.32 Å². The fourth-order valence-corrected chi connectivity index (χ4v) is 3.86. The molecule has 1 rings (SSSR count). The van der Waals surface area contributed by atoms with Crippen LogP contribution in [0.4, 0.5) is 0 Å². The zero-order chi connectivity index (χ0) is 14.0. The average Bonchev–Trinajstić information content (AvgIpc) is 2.13. The molecule has 0 heterocycles. The molecule has 0 radical (unpaired) electrons. The molecule has 0 aromatic heterocycles. The third-order valence-electron chi connectivity index (χ3n) is 4.28. The van der Waals surface area contributed by atoms with Gasteiger partial charge in [-0.05, 0) is 63.2 Å². The summed E-state index contributed by atoms with van der Waals surface area (Å²) in [6.45, 7) is 16.5. The van der Waals surface area contributed by atoms with E-state index in [1.807, 2.05) is 0 Å². The summed E-state index contributed by atoms with van der Waals surface area (Å²) >= 11 is 0. The number of nitrogens with one attached hydrogen (secondary N) is 1. The van der Waals surface area contributed by atoms with Gasteiger partial charge in [-0.2, -0.15) is 0 Å². The Kier molecular flexibility index (Phi) is 5.29. The van der Waals surface area contributed by atoms with Crippen LogP contribution in [-0.2, 0) is 0 Å². The van der Waals surface area contributed by atoms with Gasteiger partial charge in [0.15, 0.2) is 0 Å². The lowest BCUT2D eigenvalue weighted by atomic mass is 9.77. The minimum Gasteiger partial charge on any atom is -0.309 e. The standard InChI is InChI=1S/C17H35N/c1-13(2)14-8-10-15(11-9-14)18-17(6,7)12-16(3,4)5/h13-15,18H,8-12H2,1-7H3. The Labute approximate surface area is 115 Å². The van der Waals surface area contributed by atoms with Crippen molar-refractivity contribution in [3.8, 4) is 0 Å². The van der Waals surface area contributed by atoms with Gasteiger partial charge in [-0.25, -0.2) is 0 Å². The Morgan fingerprint density at radius 3 is 1.83 bits per heavy atom. The van der Waals surface area contributed by atoms with E-state index in [1.54, 1.807) is 0 Å². The van der Waals surface area contributed by atoms with Gasteiger partial charge in [0.2, 0.25) is 0 Å². The van der Waals surface area contributed by atoms with Crippen molar-refractivity contribution in [1.82, 2.24) is 5.32 Å². The zero-order valence-corrected chi connectivity index (χ0v) is 13.8. The van der Waals surface area contributed by atoms with Crippen molar-refractivity contribution in [2.75, 3.05) is 0 Å². The Hall–Kier alpha value is -0.0400. The quantitative estimate of drug-likeness (QED) is 0.743. The summed E-state index contributed by atoms with van der Waals surface area (Å²) in [6.07, 6.45) is 6.82. The fraction of sp³-hybridized carbons (Fsp3) is 1.00. The molecule has 18 heavy (non-hydrogen) atoms. The lowest BCUT2D eigenvalue weighted by molar-refractivity contribution is 0.176. The van der Waals surface area contributed by atoms with Crippen LogP contribution >= 0.6 is 0 Å². The first-order valence-electron chi connectivity index (χ1n) is 7.87. The molecule has 0 atom stereocenters. The van der Waals surface area contributed by atoms with E-state index in [1.165, 1.54) is 32.1 Å². The molecule has 108 valence electrons. The average molecular weight is 253 g/mol. The first-order valence-corrected chi connectivity index (χ1v) is 7.87. The second kappa shape index (κ2) is 5.94. The summed E-state index contributed by atoms with van der Waals surface area (Å²) in [7, 11) is 0. The highest BCUT2D eigenvalue weighted by Gasteiger charge is 2.30. The second-order valence-electron chi connectivity index (χ2n) is 8.62. The van der Waals surface area contributed by atoms with Gasteiger partial charge in [-0.3, -0.25) is 0 Å². The molecule has 0 aliphatic heterocycles. The molecule has 0 saturated heterocycles. The molecule has 0 aromatic rings. The van der Waals surface area contributed by atoms with Crippen molar-refractivity contribution in [2.24, 2.45) is 17.3 Å². The summed E-state index contributed by atoms with van der Waals surface area (Å²) in [5, 5.41) is 3.91. The topological polar surface area (TPSA) is 12.0 Å². The molecule has 1 nitrogen and oxygen atoms in total. The van der Waals surface area contributed by atoms with E-state index in [2.05, 4.69) is 53.8 Å². The van der Waals surface area contributed by atoms with E-state index in [0.29, 0.717) is 5.41 Å². The minimum atomic E-state index is 0.271. The maximum absolute atomic E-state index is 3.91. The van der Waals surface area contributed by atoms with Gasteiger partial charge < -0.3 is 5.32 Å². The van der Waals surface area contributed by atoms with Crippen molar-refractivity contribution >= 4 is 0 Å². The monoisotopic (exact) mass is 253 g/mol. The maximum Gasteiger partial charge on any atom is 0.0132 e. The van der Waals surface area contributed by atoms with Gasteiger partial charge in [-0.15, -0.1) is 0 Å². The van der Waals surface area contributed by atoms with Crippen LogP contribution in [0.15, 0.2) is 0 Å². The number of rotatable bonds is 4. The molecule has 1 aliphatic carbocycles. The van der Waals surface area contributed by atoms with Crippen LogP contribution in [0, 0.1) is 17.3 Å². The van der Waals surface area contributed by atoms with Crippen LogP contribution in [0.25, 0.3) is 0 Å². The van der Waals surface area contributed by atoms with Crippen molar-refractivity contribution in [1.29, 1.82) is 0 Å². The highest BCUT2D eigenvalue weighted by molar-refractivity contribution is 4.88. The molecule has 0 unspecified atom stereocenters. The molecular weight excluding hydrogens is 218 g/mol. The molecule has 0 amide bonds. The predicted octanol–water partition coefficient (Wildman–Crippen LogP) is 5.01. The molecule has 1 saturated carbocycles. The Morgan fingerprint density at radius 2 is 1.44 bits per heavy atom. The van der Waals surface area contributed by atoms with Crippen molar-refractivity contribution in [3.63, 3.8) is 0 Å². The molecule has 0 spiro atoms. The molecule has 0 bridgehead atoms. The number of hydrogen-bond acceptors (Lipinski definition) is 1. The number of hydrogen-bond donors (Lipinski definition) is 1. The van der Waals surface area contributed by atoms with Crippen molar-refractivity contribution in [2.45, 2.75) is 92.2 Å². The van der Waals surface area contributed by atoms with Gasteiger partial charge in [0, 0.05) is 11.6 Å². The molecule has 1 fully saturated rings. The highest BCUT2D eigenvalue weighted by atomic mass is 15.0. The van der Waals surface area contributed by atoms with Gasteiger partial charge in [0.25, 0.3) is 0 Å². The van der Waals surface area contributed by atoms with Gasteiger partial charge >= 0.3 is 0 Å². The largest absolute Gasteiger partial charge is 0.309 e. The summed E-state index contributed by atoms with van der Waals surface area (Å²) in [6, 6.07) is 0.748. The third-order valence-corrected chi connectivity index (χ3v) is 4.28. The Balaban J connectivity index is 2.40. The van der Waals surface area contributed by atoms with E-state index >= 15 is 0 Å². The highest BCUT2D eigenvalue weighted by Crippen LogP contribution is 2.32. The normalized spacial score (nSPS) is 26.7. The predicted molar refractivity (Wildman–Crippen MR) is 81.9 cm³/mol. The zero-order valence-electron chi connectivity index (χ0n) is 13.8. The summed E-state index contributed by atoms with van der Waals surface area (Å²) in [5.74, 6) is 1.84. The first kappa shape index (κ1) is 16.0. The maximum atomic E-state index is 3.91. The summed E-state index contributed by atoms with van der Waals surface area (Å²) < 4.78 is 0. The lowest BCUT2D eigenvalue weighted by Crippen LogP contribution is -2.49. The van der Waals surface area contributed by atoms with Crippen molar-refractivity contribution < 1.29 is 0 Å². The lowest BCUT2D eigenvalue weighted by Gasteiger charge is -2.40. The summed E-state index contributed by atoms with van der Waals surface area (Å²) in [4.78, 5) is 0. The molecule has 1 aliphatic rings. The Bertz CT molecular complexity index is 239. The second-order valence-corrected chi connectivity index (χ2v) is 8.62. The van der Waals surface area contributed by atoms with Gasteiger partial charge in [0.1, 0.15) is 0 Å².